The third-order valence-electron chi connectivity index (χ3n) is 2.66. The number of nitrogens with one attached hydrogen (secondary N) is 1. The van der Waals surface area contributed by atoms with E-state index in [4.69, 9.17) is 16.6 Å². The number of carbonyl (C=O) groups excluding carboxylic acids is 1. The molecule has 0 saturated carbocycles. The maximum atomic E-state index is 11.5. The van der Waals surface area contributed by atoms with E-state index in [9.17, 15) is 9.59 Å². The largest absolute Gasteiger partial charge is 0.480 e. The second-order valence-electron chi connectivity index (χ2n) is 4.33. The Labute approximate surface area is 107 Å². The van der Waals surface area contributed by atoms with Crippen LogP contribution in [0.2, 0.25) is 0 Å². The lowest BCUT2D eigenvalue weighted by Crippen LogP contribution is -2.51. The highest BCUT2D eigenvalue weighted by Gasteiger charge is 2.13. The molecule has 0 heterocycles. The second-order valence-corrected chi connectivity index (χ2v) is 4.33. The molecule has 7 heteroatoms. The first kappa shape index (κ1) is 16.8. The molecule has 0 aliphatic rings. The maximum absolute atomic E-state index is 11.5. The molecule has 0 bridgehead atoms. The summed E-state index contributed by atoms with van der Waals surface area (Å²) in [6.07, 6.45) is 3.26. The molecule has 0 fully saturated rings. The monoisotopic (exact) mass is 261 g/mol. The number of nitrogens with two attached hydrogens (primary N) is 2. The Hall–Kier alpha value is -1.18. The number of amides is 1. The van der Waals surface area contributed by atoms with Crippen LogP contribution in [0, 0.1) is 0 Å². The zero-order valence-corrected chi connectivity index (χ0v) is 10.7. The van der Waals surface area contributed by atoms with Gasteiger partial charge in [0.1, 0.15) is 6.04 Å². The average molecular weight is 261 g/mol. The quantitative estimate of drug-likeness (QED) is 0.290. The summed E-state index contributed by atoms with van der Waals surface area (Å²) in [5.74, 6) is -1.15. The van der Waals surface area contributed by atoms with Gasteiger partial charge in [-0.25, -0.2) is 0 Å². The Bertz CT molecular complexity index is 261. The van der Waals surface area contributed by atoms with E-state index in [1.807, 2.05) is 0 Å². The van der Waals surface area contributed by atoms with Gasteiger partial charge in [0.2, 0.25) is 5.91 Å². The van der Waals surface area contributed by atoms with Gasteiger partial charge in [-0.1, -0.05) is 0 Å². The lowest BCUT2D eigenvalue weighted by Gasteiger charge is -2.11. The van der Waals surface area contributed by atoms with E-state index in [1.165, 1.54) is 0 Å². The first-order chi connectivity index (χ1) is 8.49. The molecule has 2 atom stereocenters. The molecule has 0 rings (SSSR count). The summed E-state index contributed by atoms with van der Waals surface area (Å²) in [4.78, 5) is 21.9. The van der Waals surface area contributed by atoms with Crippen molar-refractivity contribution in [3.05, 3.63) is 0 Å². The van der Waals surface area contributed by atoms with E-state index in [2.05, 4.69) is 11.1 Å². The maximum Gasteiger partial charge on any atom is 0.320 e. The molecule has 106 valence electrons. The topological polar surface area (TPSA) is 146 Å². The molecule has 0 spiro atoms. The second kappa shape index (κ2) is 9.81. The van der Waals surface area contributed by atoms with Crippen molar-refractivity contribution in [1.82, 2.24) is 5.32 Å². The van der Waals surface area contributed by atoms with Crippen molar-refractivity contribution in [2.24, 2.45) is 11.5 Å². The Kier molecular flexibility index (Phi) is 9.17. The van der Waals surface area contributed by atoms with Crippen LogP contribution in [-0.4, -0.2) is 42.2 Å². The van der Waals surface area contributed by atoms with E-state index in [0.717, 1.165) is 13.0 Å². The van der Waals surface area contributed by atoms with Crippen LogP contribution in [0.15, 0.2) is 0 Å². The third kappa shape index (κ3) is 7.99. The van der Waals surface area contributed by atoms with Crippen molar-refractivity contribution in [2.45, 2.75) is 44.2 Å². The first-order valence-electron chi connectivity index (χ1n) is 6.30. The number of carboxylic acid groups (broad SMARTS) is 1. The van der Waals surface area contributed by atoms with Gasteiger partial charge in [0.15, 0.2) is 0 Å². The molecule has 0 aromatic rings. The highest BCUT2D eigenvalue weighted by Crippen LogP contribution is 1.99. The third-order valence-corrected chi connectivity index (χ3v) is 2.66. The minimum Gasteiger partial charge on any atom is -0.480 e. The standard InChI is InChI=1S/C11H24N4O3/c12-6-3-5-8(13)10(16)15-7-2-1-4-9(14)11(17)18/h8-9H,1-7,12-14H2,(H,15,16)(H,17,18)/p+1. The lowest BCUT2D eigenvalue weighted by molar-refractivity contribution is -0.368. The molecule has 0 aliphatic heterocycles. The number of quaternary nitrogens is 1. The van der Waals surface area contributed by atoms with Crippen LogP contribution in [-0.2, 0) is 9.59 Å². The number of carbonyl (C=O) groups is 2. The minimum atomic E-state index is -0.991. The van der Waals surface area contributed by atoms with Crippen molar-refractivity contribution in [2.75, 3.05) is 13.1 Å². The summed E-state index contributed by atoms with van der Waals surface area (Å²) in [6.45, 7) is 1.28. The number of carboxylic acids is 1. The zero-order valence-electron chi connectivity index (χ0n) is 10.7. The fourth-order valence-electron chi connectivity index (χ4n) is 1.45. The minimum absolute atomic E-state index is 0.161. The number of aliphatic carboxylic acids is 1. The molecular formula is C11H25N4O3+. The van der Waals surface area contributed by atoms with Gasteiger partial charge in [0.25, 0.3) is 0 Å². The summed E-state index contributed by atoms with van der Waals surface area (Å²) >= 11 is 0. The SMILES string of the molecule is NC(CCCCNC(=O)C(N)CCC[NH3+])C(=O)O. The number of unbranched alkanes of at least 4 members (excludes halogenated alkanes) is 1. The number of hydrogen-bond acceptors (Lipinski definition) is 4. The van der Waals surface area contributed by atoms with Crippen LogP contribution >= 0.6 is 0 Å². The molecule has 0 aliphatic carbocycles. The van der Waals surface area contributed by atoms with Crippen molar-refractivity contribution in [3.63, 3.8) is 0 Å². The Morgan fingerprint density at radius 2 is 1.72 bits per heavy atom. The molecule has 2 unspecified atom stereocenters. The number of hydrogen-bond donors (Lipinski definition) is 5. The number of rotatable bonds is 10. The Balaban J connectivity index is 3.54. The molecule has 0 radical (unpaired) electrons. The molecule has 18 heavy (non-hydrogen) atoms. The Morgan fingerprint density at radius 1 is 1.11 bits per heavy atom. The predicted octanol–water partition coefficient (Wildman–Crippen LogP) is -1.97. The van der Waals surface area contributed by atoms with E-state index >= 15 is 0 Å². The predicted molar refractivity (Wildman–Crippen MR) is 67.4 cm³/mol. The summed E-state index contributed by atoms with van der Waals surface area (Å²) in [6, 6.07) is -1.30. The van der Waals surface area contributed by atoms with Gasteiger partial charge in [-0.05, 0) is 32.1 Å². The summed E-state index contributed by atoms with van der Waals surface area (Å²) < 4.78 is 0. The molecular weight excluding hydrogens is 236 g/mol. The van der Waals surface area contributed by atoms with Crippen LogP contribution in [0.4, 0.5) is 0 Å². The van der Waals surface area contributed by atoms with Gasteiger partial charge in [-0.15, -0.1) is 0 Å². The lowest BCUT2D eigenvalue weighted by atomic mass is 10.1. The van der Waals surface area contributed by atoms with Crippen molar-refractivity contribution >= 4 is 11.9 Å². The van der Waals surface area contributed by atoms with E-state index in [0.29, 0.717) is 32.2 Å². The van der Waals surface area contributed by atoms with Gasteiger partial charge in [-0.2, -0.15) is 0 Å². The van der Waals surface area contributed by atoms with Gasteiger partial charge < -0.3 is 27.6 Å². The van der Waals surface area contributed by atoms with E-state index in [1.54, 1.807) is 0 Å². The van der Waals surface area contributed by atoms with Crippen LogP contribution in [0.5, 0.6) is 0 Å². The van der Waals surface area contributed by atoms with Gasteiger partial charge in [0.05, 0.1) is 12.6 Å². The highest BCUT2D eigenvalue weighted by molar-refractivity contribution is 5.81. The smallest absolute Gasteiger partial charge is 0.320 e. The first-order valence-corrected chi connectivity index (χ1v) is 6.30. The fourth-order valence-corrected chi connectivity index (χ4v) is 1.45. The Morgan fingerprint density at radius 3 is 2.28 bits per heavy atom. The van der Waals surface area contributed by atoms with Gasteiger partial charge in [0, 0.05) is 6.54 Å². The molecule has 0 saturated heterocycles. The molecule has 0 aromatic carbocycles. The highest BCUT2D eigenvalue weighted by atomic mass is 16.4. The molecule has 0 aromatic heterocycles. The fraction of sp³-hybridized carbons (Fsp3) is 0.818. The normalized spacial score (nSPS) is 13.9. The summed E-state index contributed by atoms with van der Waals surface area (Å²) in [5.41, 5.74) is 14.7. The molecule has 7 nitrogen and oxygen atoms in total. The van der Waals surface area contributed by atoms with Crippen molar-refractivity contribution in [1.29, 1.82) is 0 Å². The van der Waals surface area contributed by atoms with Crippen LogP contribution in [0.3, 0.4) is 0 Å². The van der Waals surface area contributed by atoms with Gasteiger partial charge >= 0.3 is 5.97 Å². The summed E-state index contributed by atoms with van der Waals surface area (Å²) in [5, 5.41) is 11.3. The zero-order chi connectivity index (χ0) is 14.0. The molecule has 1 amide bonds. The molecule has 9 N–H and O–H groups in total. The van der Waals surface area contributed by atoms with Crippen LogP contribution in [0.25, 0.3) is 0 Å². The van der Waals surface area contributed by atoms with E-state index < -0.39 is 18.1 Å². The van der Waals surface area contributed by atoms with Crippen molar-refractivity contribution in [3.8, 4) is 0 Å². The van der Waals surface area contributed by atoms with E-state index in [-0.39, 0.29) is 5.91 Å². The summed E-state index contributed by atoms with van der Waals surface area (Å²) in [7, 11) is 0. The average Bonchev–Trinajstić information content (AvgIpc) is 2.34. The van der Waals surface area contributed by atoms with Crippen LogP contribution in [0.1, 0.15) is 32.1 Å². The van der Waals surface area contributed by atoms with Crippen molar-refractivity contribution < 1.29 is 20.4 Å². The van der Waals surface area contributed by atoms with Gasteiger partial charge in [-0.3, -0.25) is 9.59 Å². The van der Waals surface area contributed by atoms with Crippen LogP contribution < -0.4 is 22.5 Å².